The highest BCUT2D eigenvalue weighted by atomic mass is 32.1. The summed E-state index contributed by atoms with van der Waals surface area (Å²) in [5.41, 5.74) is -0.159. The zero-order valence-electron chi connectivity index (χ0n) is 18.2. The summed E-state index contributed by atoms with van der Waals surface area (Å²) in [6.07, 6.45) is -1.54. The summed E-state index contributed by atoms with van der Waals surface area (Å²) in [7, 11) is 0. The Hall–Kier alpha value is -2.84. The highest BCUT2D eigenvalue weighted by molar-refractivity contribution is 7.59. The second kappa shape index (κ2) is 10.6. The van der Waals surface area contributed by atoms with Crippen LogP contribution in [0.4, 0.5) is 29.3 Å². The molecule has 34 heavy (non-hydrogen) atoms. The summed E-state index contributed by atoms with van der Waals surface area (Å²) in [5.74, 6) is 0.370. The molecule has 1 saturated carbocycles. The van der Waals surface area contributed by atoms with E-state index in [1.807, 2.05) is 0 Å². The van der Waals surface area contributed by atoms with Gasteiger partial charge in [-0.1, -0.05) is 12.8 Å². The number of aryl methyl sites for hydroxylation is 1. The van der Waals surface area contributed by atoms with Gasteiger partial charge in [0.15, 0.2) is 0 Å². The Balaban J connectivity index is 0.00000204. The van der Waals surface area contributed by atoms with Crippen LogP contribution in [0.5, 0.6) is 5.75 Å². The molecule has 4 rings (SSSR count). The molecule has 0 unspecified atom stereocenters. The van der Waals surface area contributed by atoms with E-state index in [1.165, 1.54) is 11.0 Å². The van der Waals surface area contributed by atoms with Gasteiger partial charge in [0.25, 0.3) is 6.47 Å². The Kier molecular flexibility index (Phi) is 8.55. The lowest BCUT2D eigenvalue weighted by atomic mass is 9.89. The number of nitrogens with zero attached hydrogens (tertiary/aromatic N) is 3. The van der Waals surface area contributed by atoms with Crippen LogP contribution in [0.15, 0.2) is 36.4 Å². The van der Waals surface area contributed by atoms with Gasteiger partial charge in [0.2, 0.25) is 0 Å². The molecule has 0 bridgehead atoms. The third kappa shape index (κ3) is 4.83. The van der Waals surface area contributed by atoms with Crippen LogP contribution >= 0.6 is 27.0 Å². The summed E-state index contributed by atoms with van der Waals surface area (Å²) >= 11 is 0. The van der Waals surface area contributed by atoms with Crippen LogP contribution in [0.2, 0.25) is 0 Å². The first-order chi connectivity index (χ1) is 15.3. The number of rotatable bonds is 4. The molecule has 0 N–H and O–H groups in total. The van der Waals surface area contributed by atoms with Crippen LogP contribution in [-0.2, 0) is 11.0 Å². The molecule has 6 nitrogen and oxygen atoms in total. The molecule has 0 radical (unpaired) electrons. The van der Waals surface area contributed by atoms with Gasteiger partial charge in [0.05, 0.1) is 29.3 Å². The average Bonchev–Trinajstić information content (AvgIpc) is 3.06. The van der Waals surface area contributed by atoms with Gasteiger partial charge in [-0.3, -0.25) is 14.6 Å². The third-order valence-corrected chi connectivity index (χ3v) is 6.09. The molecule has 0 spiro atoms. The predicted octanol–water partition coefficient (Wildman–Crippen LogP) is 5.40. The van der Waals surface area contributed by atoms with E-state index in [0.717, 1.165) is 31.4 Å². The standard InChI is InChI=1S/C23H20F3N3O3.2H2S/c1-14-10-16(8-9-21(14)32-13-30)28-19-4-2-3-5-20(19)29(22(28)31)17-7-6-15(12-27)18(11-17)23(24,25)26;;/h6-11,13,19-20H,2-5H2,1H3;2*1H2/t19-,20-;;/m0../s1. The summed E-state index contributed by atoms with van der Waals surface area (Å²) in [6.45, 7) is 2.07. The Morgan fingerprint density at radius 2 is 1.59 bits per heavy atom. The molecule has 2 fully saturated rings. The number of nitriles is 1. The van der Waals surface area contributed by atoms with Crippen LogP contribution < -0.4 is 14.5 Å². The van der Waals surface area contributed by atoms with Crippen molar-refractivity contribution in [1.82, 2.24) is 0 Å². The minimum absolute atomic E-state index is 0. The van der Waals surface area contributed by atoms with Crippen molar-refractivity contribution >= 4 is 50.9 Å². The van der Waals surface area contributed by atoms with Gasteiger partial charge < -0.3 is 4.74 Å². The summed E-state index contributed by atoms with van der Waals surface area (Å²) in [4.78, 5) is 27.2. The number of amides is 2. The number of anilines is 2. The number of ether oxygens (including phenoxy) is 1. The molecule has 1 aliphatic carbocycles. The molecule has 182 valence electrons. The van der Waals surface area contributed by atoms with Gasteiger partial charge in [-0.2, -0.15) is 45.4 Å². The van der Waals surface area contributed by atoms with Gasteiger partial charge in [-0.05, 0) is 61.7 Å². The largest absolute Gasteiger partial charge is 0.428 e. The number of urea groups is 1. The molecule has 2 aromatic carbocycles. The lowest BCUT2D eigenvalue weighted by Gasteiger charge is -2.32. The van der Waals surface area contributed by atoms with Gasteiger partial charge >= 0.3 is 12.2 Å². The Labute approximate surface area is 209 Å². The van der Waals surface area contributed by atoms with Crippen LogP contribution in [0.25, 0.3) is 0 Å². The van der Waals surface area contributed by atoms with Gasteiger partial charge in [0, 0.05) is 11.4 Å². The smallest absolute Gasteiger partial charge is 0.417 e. The summed E-state index contributed by atoms with van der Waals surface area (Å²) in [5, 5.41) is 9.08. The van der Waals surface area contributed by atoms with Crippen LogP contribution in [0.3, 0.4) is 0 Å². The highest BCUT2D eigenvalue weighted by Crippen LogP contribution is 2.42. The molecule has 2 amide bonds. The highest BCUT2D eigenvalue weighted by Gasteiger charge is 2.48. The first-order valence-electron chi connectivity index (χ1n) is 10.2. The zero-order chi connectivity index (χ0) is 23.0. The summed E-state index contributed by atoms with van der Waals surface area (Å²) in [6, 6.07) is 9.07. The average molecular weight is 512 g/mol. The van der Waals surface area contributed by atoms with Crippen LogP contribution in [0, 0.1) is 18.3 Å². The van der Waals surface area contributed by atoms with E-state index >= 15 is 0 Å². The molecule has 0 aromatic heterocycles. The number of hydrogen-bond donors (Lipinski definition) is 0. The summed E-state index contributed by atoms with van der Waals surface area (Å²) < 4.78 is 45.5. The number of carbonyl (C=O) groups excluding carboxylic acids is 2. The second-order valence-corrected chi connectivity index (χ2v) is 7.95. The Bertz CT molecular complexity index is 1120. The third-order valence-electron chi connectivity index (χ3n) is 6.09. The normalized spacial score (nSPS) is 19.4. The maximum absolute atomic E-state index is 13.5. The van der Waals surface area contributed by atoms with Crippen LogP contribution in [-0.4, -0.2) is 24.6 Å². The molecule has 2 aromatic rings. The van der Waals surface area contributed by atoms with Crippen molar-refractivity contribution in [2.24, 2.45) is 0 Å². The molecular formula is C23H24F3N3O3S2. The van der Waals surface area contributed by atoms with Gasteiger partial charge in [-0.25, -0.2) is 4.79 Å². The van der Waals surface area contributed by atoms with E-state index in [2.05, 4.69) is 0 Å². The van der Waals surface area contributed by atoms with Crippen molar-refractivity contribution in [3.63, 3.8) is 0 Å². The number of halogens is 3. The fraction of sp³-hybridized carbons (Fsp3) is 0.348. The lowest BCUT2D eigenvalue weighted by Crippen LogP contribution is -2.40. The number of carbonyl (C=O) groups is 2. The van der Waals surface area contributed by atoms with Crippen molar-refractivity contribution in [1.29, 1.82) is 5.26 Å². The minimum Gasteiger partial charge on any atom is -0.428 e. The van der Waals surface area contributed by atoms with Crippen LogP contribution in [0.1, 0.15) is 42.4 Å². The van der Waals surface area contributed by atoms with E-state index in [4.69, 9.17) is 10.00 Å². The number of hydrogen-bond acceptors (Lipinski definition) is 4. The van der Waals surface area contributed by atoms with Crippen molar-refractivity contribution in [3.05, 3.63) is 53.1 Å². The van der Waals surface area contributed by atoms with Gasteiger partial charge in [-0.15, -0.1) is 0 Å². The first-order valence-corrected chi connectivity index (χ1v) is 10.2. The monoisotopic (exact) mass is 511 g/mol. The van der Waals surface area contributed by atoms with E-state index in [0.29, 0.717) is 29.9 Å². The van der Waals surface area contributed by atoms with E-state index in [1.54, 1.807) is 36.1 Å². The quantitative estimate of drug-likeness (QED) is 0.515. The molecule has 1 saturated heterocycles. The van der Waals surface area contributed by atoms with Gasteiger partial charge in [0.1, 0.15) is 5.75 Å². The van der Waals surface area contributed by atoms with E-state index in [-0.39, 0.29) is 44.8 Å². The van der Waals surface area contributed by atoms with E-state index in [9.17, 15) is 22.8 Å². The topological polar surface area (TPSA) is 73.6 Å². The van der Waals surface area contributed by atoms with Crippen molar-refractivity contribution in [2.75, 3.05) is 9.80 Å². The fourth-order valence-corrected chi connectivity index (χ4v) is 4.68. The lowest BCUT2D eigenvalue weighted by molar-refractivity contribution is -0.137. The molecule has 11 heteroatoms. The SMILES string of the molecule is Cc1cc(N2C(=O)N(c3ccc(C#N)c(C(F)(F)F)c3)[C@H]3CCCC[C@@H]32)ccc1OC=O.S.S. The Morgan fingerprint density at radius 1 is 1.03 bits per heavy atom. The first kappa shape index (κ1) is 27.4. The number of alkyl halides is 3. The maximum atomic E-state index is 13.5. The molecule has 2 atom stereocenters. The molecule has 2 aliphatic rings. The maximum Gasteiger partial charge on any atom is 0.417 e. The molecule has 1 heterocycles. The second-order valence-electron chi connectivity index (χ2n) is 7.95. The van der Waals surface area contributed by atoms with E-state index < -0.39 is 23.3 Å². The predicted molar refractivity (Wildman–Crippen MR) is 131 cm³/mol. The number of benzene rings is 2. The Morgan fingerprint density at radius 3 is 2.09 bits per heavy atom. The minimum atomic E-state index is -4.71. The fourth-order valence-electron chi connectivity index (χ4n) is 4.68. The zero-order valence-corrected chi connectivity index (χ0v) is 20.2. The molecular weight excluding hydrogens is 487 g/mol. The van der Waals surface area contributed by atoms with Crippen molar-refractivity contribution in [3.8, 4) is 11.8 Å². The van der Waals surface area contributed by atoms with Crippen molar-refractivity contribution in [2.45, 2.75) is 50.9 Å². The van der Waals surface area contributed by atoms with Crippen molar-refractivity contribution < 1.29 is 27.5 Å². The number of fused-ring (bicyclic) bond motifs is 1. The molecule has 1 aliphatic heterocycles.